The summed E-state index contributed by atoms with van der Waals surface area (Å²) in [5, 5.41) is 1.08. The predicted octanol–water partition coefficient (Wildman–Crippen LogP) is 3.78. The van der Waals surface area contributed by atoms with E-state index in [1.165, 1.54) is 5.56 Å². The molecule has 0 radical (unpaired) electrons. The number of benzene rings is 2. The summed E-state index contributed by atoms with van der Waals surface area (Å²) < 4.78 is 2.17. The number of para-hydroxylation sites is 1. The average molecular weight is 288 g/mol. The maximum absolute atomic E-state index is 6.09. The van der Waals surface area contributed by atoms with E-state index in [1.807, 2.05) is 30.6 Å². The van der Waals surface area contributed by atoms with E-state index >= 15 is 0 Å². The predicted molar refractivity (Wildman–Crippen MR) is 89.7 cm³/mol. The largest absolute Gasteiger partial charge is 0.382 e. The third kappa shape index (κ3) is 1.84. The van der Waals surface area contributed by atoms with Gasteiger partial charge >= 0.3 is 0 Å². The first-order valence-electron chi connectivity index (χ1n) is 7.31. The summed E-state index contributed by atoms with van der Waals surface area (Å²) in [4.78, 5) is 8.94. The summed E-state index contributed by atoms with van der Waals surface area (Å²) in [6.45, 7) is 2.17. The molecule has 2 heterocycles. The summed E-state index contributed by atoms with van der Waals surface area (Å²) in [6, 6.07) is 18.6. The Balaban J connectivity index is 2.03. The lowest BCUT2D eigenvalue weighted by Crippen LogP contribution is -2.06. The van der Waals surface area contributed by atoms with Gasteiger partial charge in [0.2, 0.25) is 0 Å². The van der Waals surface area contributed by atoms with Crippen molar-refractivity contribution < 1.29 is 0 Å². The second-order valence-electron chi connectivity index (χ2n) is 5.45. The molecule has 0 aliphatic heterocycles. The number of aromatic nitrogens is 3. The van der Waals surface area contributed by atoms with Crippen molar-refractivity contribution in [2.45, 2.75) is 13.0 Å². The summed E-state index contributed by atoms with van der Waals surface area (Å²) in [5.41, 5.74) is 10.0. The van der Waals surface area contributed by atoms with Gasteiger partial charge < -0.3 is 10.3 Å². The van der Waals surface area contributed by atoms with Crippen molar-refractivity contribution in [3.63, 3.8) is 0 Å². The molecule has 1 unspecified atom stereocenters. The maximum atomic E-state index is 6.09. The first kappa shape index (κ1) is 12.8. The van der Waals surface area contributed by atoms with Crippen LogP contribution in [0.1, 0.15) is 18.5 Å². The fraction of sp³-hybridized carbons (Fsp3) is 0.111. The molecular weight excluding hydrogens is 272 g/mol. The van der Waals surface area contributed by atoms with Crippen LogP contribution in [0.2, 0.25) is 0 Å². The van der Waals surface area contributed by atoms with Gasteiger partial charge in [-0.15, -0.1) is 0 Å². The summed E-state index contributed by atoms with van der Waals surface area (Å²) in [5.74, 6) is 0.479. The Morgan fingerprint density at radius 3 is 2.55 bits per heavy atom. The second-order valence-corrected chi connectivity index (χ2v) is 5.45. The van der Waals surface area contributed by atoms with Gasteiger partial charge in [-0.25, -0.2) is 9.97 Å². The molecule has 4 heteroatoms. The minimum absolute atomic E-state index is 0.177. The van der Waals surface area contributed by atoms with E-state index in [2.05, 4.69) is 51.8 Å². The van der Waals surface area contributed by atoms with Crippen LogP contribution in [0.15, 0.2) is 60.9 Å². The number of fused-ring (bicyclic) bond motifs is 3. The van der Waals surface area contributed by atoms with Crippen LogP contribution in [0.4, 0.5) is 5.82 Å². The Morgan fingerprint density at radius 2 is 1.73 bits per heavy atom. The van der Waals surface area contributed by atoms with E-state index in [4.69, 9.17) is 5.73 Å². The molecule has 0 saturated carbocycles. The van der Waals surface area contributed by atoms with Crippen LogP contribution >= 0.6 is 0 Å². The SMILES string of the molecule is CC(c1ccccc1)n1cnc2c(N)nc3ccccc3c21. The number of rotatable bonds is 2. The first-order chi connectivity index (χ1) is 10.8. The molecule has 0 amide bonds. The Labute approximate surface area is 128 Å². The molecule has 0 spiro atoms. The van der Waals surface area contributed by atoms with E-state index in [-0.39, 0.29) is 6.04 Å². The van der Waals surface area contributed by atoms with Gasteiger partial charge in [0.15, 0.2) is 5.82 Å². The van der Waals surface area contributed by atoms with Crippen LogP contribution in [0.5, 0.6) is 0 Å². The van der Waals surface area contributed by atoms with Gasteiger partial charge in [-0.3, -0.25) is 0 Å². The Hall–Kier alpha value is -2.88. The zero-order valence-electron chi connectivity index (χ0n) is 12.3. The Kier molecular flexibility index (Phi) is 2.82. The maximum Gasteiger partial charge on any atom is 0.152 e. The minimum Gasteiger partial charge on any atom is -0.382 e. The number of nitrogens with two attached hydrogens (primary N) is 1. The molecule has 4 nitrogen and oxygen atoms in total. The summed E-state index contributed by atoms with van der Waals surface area (Å²) >= 11 is 0. The van der Waals surface area contributed by atoms with E-state index in [1.54, 1.807) is 0 Å². The quantitative estimate of drug-likeness (QED) is 0.610. The molecule has 2 N–H and O–H groups in total. The van der Waals surface area contributed by atoms with Gasteiger partial charge in [-0.2, -0.15) is 0 Å². The van der Waals surface area contributed by atoms with Crippen molar-refractivity contribution in [1.82, 2.24) is 14.5 Å². The molecule has 22 heavy (non-hydrogen) atoms. The smallest absolute Gasteiger partial charge is 0.152 e. The number of anilines is 1. The van der Waals surface area contributed by atoms with Gasteiger partial charge in [0.25, 0.3) is 0 Å². The van der Waals surface area contributed by atoms with Crippen molar-refractivity contribution in [1.29, 1.82) is 0 Å². The molecule has 0 bridgehead atoms. The van der Waals surface area contributed by atoms with Crippen LogP contribution in [0, 0.1) is 0 Å². The molecule has 108 valence electrons. The van der Waals surface area contributed by atoms with Crippen molar-refractivity contribution in [2.75, 3.05) is 5.73 Å². The molecule has 4 rings (SSSR count). The fourth-order valence-corrected chi connectivity index (χ4v) is 2.96. The van der Waals surface area contributed by atoms with E-state index in [0.717, 1.165) is 21.9 Å². The molecule has 0 aliphatic rings. The summed E-state index contributed by atoms with van der Waals surface area (Å²) in [7, 11) is 0. The Bertz CT molecular complexity index is 957. The number of imidazole rings is 1. The topological polar surface area (TPSA) is 56.7 Å². The van der Waals surface area contributed by atoms with Crippen molar-refractivity contribution in [3.05, 3.63) is 66.5 Å². The Morgan fingerprint density at radius 1 is 1.00 bits per heavy atom. The number of nitrogens with zero attached hydrogens (tertiary/aromatic N) is 3. The minimum atomic E-state index is 0.177. The molecular formula is C18H16N4. The van der Waals surface area contributed by atoms with Gasteiger partial charge in [0.05, 0.1) is 23.4 Å². The highest BCUT2D eigenvalue weighted by molar-refractivity contribution is 6.06. The molecule has 0 fully saturated rings. The fourth-order valence-electron chi connectivity index (χ4n) is 2.96. The molecule has 0 aliphatic carbocycles. The van der Waals surface area contributed by atoms with Crippen LogP contribution in [0.3, 0.4) is 0 Å². The number of hydrogen-bond acceptors (Lipinski definition) is 3. The van der Waals surface area contributed by atoms with E-state index in [9.17, 15) is 0 Å². The lowest BCUT2D eigenvalue weighted by molar-refractivity contribution is 0.659. The molecule has 4 aromatic rings. The first-order valence-corrected chi connectivity index (χ1v) is 7.31. The highest BCUT2D eigenvalue weighted by atomic mass is 15.1. The number of pyridine rings is 1. The van der Waals surface area contributed by atoms with Gasteiger partial charge in [0, 0.05) is 5.39 Å². The van der Waals surface area contributed by atoms with E-state index in [0.29, 0.717) is 5.82 Å². The molecule has 1 atom stereocenters. The van der Waals surface area contributed by atoms with Crippen molar-refractivity contribution >= 4 is 27.8 Å². The lowest BCUT2D eigenvalue weighted by Gasteiger charge is -2.16. The van der Waals surface area contributed by atoms with Gasteiger partial charge in [0.1, 0.15) is 5.52 Å². The normalized spacial score (nSPS) is 12.8. The zero-order chi connectivity index (χ0) is 15.1. The molecule has 0 saturated heterocycles. The second kappa shape index (κ2) is 4.84. The highest BCUT2D eigenvalue weighted by Crippen LogP contribution is 2.30. The monoisotopic (exact) mass is 288 g/mol. The van der Waals surface area contributed by atoms with Crippen LogP contribution in [0.25, 0.3) is 21.9 Å². The average Bonchev–Trinajstić information content (AvgIpc) is 3.01. The standard InChI is InChI=1S/C18H16N4/c1-12(13-7-3-2-4-8-13)22-11-20-16-17(22)14-9-5-6-10-15(14)21-18(16)19/h2-12H,1H3,(H2,19,21). The lowest BCUT2D eigenvalue weighted by atomic mass is 10.1. The van der Waals surface area contributed by atoms with Crippen molar-refractivity contribution in [2.24, 2.45) is 0 Å². The number of nitrogen functional groups attached to an aromatic ring is 1. The third-order valence-electron chi connectivity index (χ3n) is 4.14. The van der Waals surface area contributed by atoms with Crippen molar-refractivity contribution in [3.8, 4) is 0 Å². The third-order valence-corrected chi connectivity index (χ3v) is 4.14. The van der Waals surface area contributed by atoms with Crippen LogP contribution < -0.4 is 5.73 Å². The highest BCUT2D eigenvalue weighted by Gasteiger charge is 2.16. The molecule has 2 aromatic carbocycles. The molecule has 2 aromatic heterocycles. The van der Waals surface area contributed by atoms with Crippen LogP contribution in [-0.4, -0.2) is 14.5 Å². The van der Waals surface area contributed by atoms with Gasteiger partial charge in [-0.05, 0) is 18.6 Å². The zero-order valence-corrected chi connectivity index (χ0v) is 12.3. The summed E-state index contributed by atoms with van der Waals surface area (Å²) in [6.07, 6.45) is 1.85. The number of hydrogen-bond donors (Lipinski definition) is 1. The van der Waals surface area contributed by atoms with Crippen LogP contribution in [-0.2, 0) is 0 Å². The van der Waals surface area contributed by atoms with E-state index < -0.39 is 0 Å². The van der Waals surface area contributed by atoms with Gasteiger partial charge in [-0.1, -0.05) is 48.5 Å².